The summed E-state index contributed by atoms with van der Waals surface area (Å²) in [6.45, 7) is 5.31. The fourth-order valence-corrected chi connectivity index (χ4v) is 2.14. The van der Waals surface area contributed by atoms with E-state index in [-0.39, 0.29) is 11.9 Å². The van der Waals surface area contributed by atoms with Crippen LogP contribution in [0.2, 0.25) is 0 Å². The predicted octanol–water partition coefficient (Wildman–Crippen LogP) is 3.20. The third kappa shape index (κ3) is 4.61. The van der Waals surface area contributed by atoms with Gasteiger partial charge in [-0.15, -0.1) is 0 Å². The molecule has 0 aromatic heterocycles. The number of hydrogen-bond acceptors (Lipinski definition) is 2. The lowest BCUT2D eigenvalue weighted by Gasteiger charge is -2.22. The second-order valence-electron chi connectivity index (χ2n) is 6.00. The Morgan fingerprint density at radius 2 is 2.18 bits per heavy atom. The Morgan fingerprint density at radius 1 is 1.45 bits per heavy atom. The number of ether oxygens (including phenoxy) is 1. The smallest absolute Gasteiger partial charge is 0.193 e. The van der Waals surface area contributed by atoms with Gasteiger partial charge in [0.05, 0.1) is 12.6 Å². The average Bonchev–Trinajstić information content (AvgIpc) is 3.29. The van der Waals surface area contributed by atoms with Crippen molar-refractivity contribution in [3.8, 4) is 5.75 Å². The molecule has 1 fully saturated rings. The Bertz CT molecular complexity index is 527. The molecule has 0 heterocycles. The van der Waals surface area contributed by atoms with E-state index in [1.165, 1.54) is 12.8 Å². The molecule has 0 spiro atoms. The molecule has 0 amide bonds. The van der Waals surface area contributed by atoms with Crippen molar-refractivity contribution in [1.29, 1.82) is 0 Å². The number of aliphatic imine (C=N–C) groups is 1. The summed E-state index contributed by atoms with van der Waals surface area (Å²) in [5.41, 5.74) is 0.877. The Morgan fingerprint density at radius 3 is 2.73 bits per heavy atom. The Kier molecular flexibility index (Phi) is 5.63. The van der Waals surface area contributed by atoms with E-state index in [1.54, 1.807) is 12.1 Å². The zero-order chi connectivity index (χ0) is 16.1. The summed E-state index contributed by atoms with van der Waals surface area (Å²) in [6.07, 6.45) is 2.40. The molecule has 1 aromatic rings. The summed E-state index contributed by atoms with van der Waals surface area (Å²) in [6, 6.07) is 5.14. The van der Waals surface area contributed by atoms with Gasteiger partial charge in [-0.25, -0.2) is 4.39 Å². The number of halogens is 1. The molecule has 0 radical (unpaired) electrons. The van der Waals surface area contributed by atoms with Gasteiger partial charge in [-0.3, -0.25) is 4.99 Å². The first-order valence-corrected chi connectivity index (χ1v) is 7.91. The molecule has 1 saturated carbocycles. The summed E-state index contributed by atoms with van der Waals surface area (Å²) < 4.78 is 19.7. The molecule has 22 heavy (non-hydrogen) atoms. The number of benzene rings is 1. The van der Waals surface area contributed by atoms with Crippen LogP contribution in [0.5, 0.6) is 5.75 Å². The first kappa shape index (κ1) is 16.6. The fourth-order valence-electron chi connectivity index (χ4n) is 2.14. The maximum atomic E-state index is 14.1. The van der Waals surface area contributed by atoms with Crippen molar-refractivity contribution in [3.05, 3.63) is 29.6 Å². The number of hydrogen-bond donors (Lipinski definition) is 1. The van der Waals surface area contributed by atoms with Gasteiger partial charge in [0.15, 0.2) is 17.5 Å². The summed E-state index contributed by atoms with van der Waals surface area (Å²) in [4.78, 5) is 6.32. The summed E-state index contributed by atoms with van der Waals surface area (Å²) in [5.74, 6) is 1.46. The van der Waals surface area contributed by atoms with Crippen LogP contribution in [0.25, 0.3) is 0 Å². The summed E-state index contributed by atoms with van der Waals surface area (Å²) >= 11 is 0. The molecular formula is C17H26FN3O. The molecule has 4 nitrogen and oxygen atoms in total. The van der Waals surface area contributed by atoms with Crippen LogP contribution < -0.4 is 10.1 Å². The van der Waals surface area contributed by atoms with Gasteiger partial charge in [-0.2, -0.15) is 0 Å². The SMILES string of the molecule is CCN=C(NC(C)c1ccc(OCC2CC2)c(F)c1)N(C)C. The quantitative estimate of drug-likeness (QED) is 0.648. The molecule has 0 bridgehead atoms. The molecule has 1 atom stereocenters. The molecule has 1 N–H and O–H groups in total. The van der Waals surface area contributed by atoms with Crippen LogP contribution in [0.15, 0.2) is 23.2 Å². The maximum Gasteiger partial charge on any atom is 0.193 e. The minimum atomic E-state index is -0.300. The van der Waals surface area contributed by atoms with E-state index in [1.807, 2.05) is 38.9 Å². The van der Waals surface area contributed by atoms with E-state index in [4.69, 9.17) is 4.74 Å². The third-order valence-corrected chi connectivity index (χ3v) is 3.70. The van der Waals surface area contributed by atoms with Crippen molar-refractivity contribution in [2.45, 2.75) is 32.7 Å². The minimum absolute atomic E-state index is 0.0281. The minimum Gasteiger partial charge on any atom is -0.490 e. The average molecular weight is 307 g/mol. The van der Waals surface area contributed by atoms with Crippen LogP contribution in [0.1, 0.15) is 38.3 Å². The first-order valence-electron chi connectivity index (χ1n) is 7.91. The van der Waals surface area contributed by atoms with Crippen molar-refractivity contribution in [3.63, 3.8) is 0 Å². The van der Waals surface area contributed by atoms with Crippen LogP contribution in [0, 0.1) is 11.7 Å². The number of guanidine groups is 1. The molecule has 2 rings (SSSR count). The van der Waals surface area contributed by atoms with E-state index in [0.29, 0.717) is 24.8 Å². The number of nitrogens with one attached hydrogen (secondary N) is 1. The van der Waals surface area contributed by atoms with Crippen molar-refractivity contribution in [2.24, 2.45) is 10.9 Å². The monoisotopic (exact) mass is 307 g/mol. The Hall–Kier alpha value is -1.78. The molecule has 122 valence electrons. The van der Waals surface area contributed by atoms with Gasteiger partial charge in [0, 0.05) is 20.6 Å². The van der Waals surface area contributed by atoms with E-state index < -0.39 is 0 Å². The van der Waals surface area contributed by atoms with Crippen molar-refractivity contribution in [2.75, 3.05) is 27.2 Å². The lowest BCUT2D eigenvalue weighted by Crippen LogP contribution is -2.38. The molecule has 0 saturated heterocycles. The van der Waals surface area contributed by atoms with Gasteiger partial charge >= 0.3 is 0 Å². The zero-order valence-electron chi connectivity index (χ0n) is 13.9. The Balaban J connectivity index is 2.01. The van der Waals surface area contributed by atoms with Gasteiger partial charge in [0.2, 0.25) is 0 Å². The summed E-state index contributed by atoms with van der Waals surface area (Å²) in [7, 11) is 3.87. The number of rotatable bonds is 6. The maximum absolute atomic E-state index is 14.1. The van der Waals surface area contributed by atoms with Gasteiger partial charge in [-0.05, 0) is 50.3 Å². The molecule has 0 aliphatic heterocycles. The number of nitrogens with zero attached hydrogens (tertiary/aromatic N) is 2. The second-order valence-corrected chi connectivity index (χ2v) is 6.00. The molecule has 1 unspecified atom stereocenters. The van der Waals surface area contributed by atoms with E-state index in [0.717, 1.165) is 11.5 Å². The highest BCUT2D eigenvalue weighted by molar-refractivity contribution is 5.79. The molecule has 1 aliphatic carbocycles. The van der Waals surface area contributed by atoms with Crippen LogP contribution in [-0.2, 0) is 0 Å². The van der Waals surface area contributed by atoms with Gasteiger partial charge in [0.1, 0.15) is 0 Å². The second kappa shape index (κ2) is 7.47. The van der Waals surface area contributed by atoms with E-state index >= 15 is 0 Å². The highest BCUT2D eigenvalue weighted by Crippen LogP contribution is 2.30. The van der Waals surface area contributed by atoms with Gasteiger partial charge in [0.25, 0.3) is 0 Å². The highest BCUT2D eigenvalue weighted by atomic mass is 19.1. The largest absolute Gasteiger partial charge is 0.490 e. The lowest BCUT2D eigenvalue weighted by atomic mass is 10.1. The topological polar surface area (TPSA) is 36.9 Å². The van der Waals surface area contributed by atoms with Crippen LogP contribution in [0.4, 0.5) is 4.39 Å². The molecule has 1 aromatic carbocycles. The summed E-state index contributed by atoms with van der Waals surface area (Å²) in [5, 5.41) is 3.31. The standard InChI is InChI=1S/C17H26FN3O/c1-5-19-17(21(3)4)20-12(2)14-8-9-16(15(18)10-14)22-11-13-6-7-13/h8-10,12-13H,5-7,11H2,1-4H3,(H,19,20). The zero-order valence-corrected chi connectivity index (χ0v) is 13.9. The van der Waals surface area contributed by atoms with Crippen molar-refractivity contribution >= 4 is 5.96 Å². The third-order valence-electron chi connectivity index (χ3n) is 3.70. The molecule has 5 heteroatoms. The first-order chi connectivity index (χ1) is 10.5. The molecule has 1 aliphatic rings. The van der Waals surface area contributed by atoms with Crippen LogP contribution in [-0.4, -0.2) is 38.1 Å². The Labute approximate surface area is 132 Å². The van der Waals surface area contributed by atoms with E-state index in [2.05, 4.69) is 10.3 Å². The van der Waals surface area contributed by atoms with Crippen molar-refractivity contribution in [1.82, 2.24) is 10.2 Å². The lowest BCUT2D eigenvalue weighted by molar-refractivity contribution is 0.285. The van der Waals surface area contributed by atoms with Gasteiger partial charge < -0.3 is 15.0 Å². The van der Waals surface area contributed by atoms with Gasteiger partial charge in [-0.1, -0.05) is 6.07 Å². The van der Waals surface area contributed by atoms with Crippen LogP contribution in [0.3, 0.4) is 0 Å². The van der Waals surface area contributed by atoms with Crippen LogP contribution >= 0.6 is 0 Å². The fraction of sp³-hybridized carbons (Fsp3) is 0.588. The highest BCUT2D eigenvalue weighted by Gasteiger charge is 2.22. The van der Waals surface area contributed by atoms with Crippen molar-refractivity contribution < 1.29 is 9.13 Å². The van der Waals surface area contributed by atoms with E-state index in [9.17, 15) is 4.39 Å². The normalized spacial score (nSPS) is 16.3. The molecular weight excluding hydrogens is 281 g/mol. The predicted molar refractivity (Wildman–Crippen MR) is 87.8 cm³/mol.